The third-order valence-electron chi connectivity index (χ3n) is 9.54. The second-order valence-electron chi connectivity index (χ2n) is 11.4. The van der Waals surface area contributed by atoms with Gasteiger partial charge in [-0.3, -0.25) is 9.59 Å². The molecule has 35 heavy (non-hydrogen) atoms. The lowest BCUT2D eigenvalue weighted by molar-refractivity contribution is -0.249. The van der Waals surface area contributed by atoms with E-state index >= 15 is 0 Å². The van der Waals surface area contributed by atoms with Crippen molar-refractivity contribution in [1.82, 2.24) is 4.98 Å². The molecule has 5 aliphatic rings. The summed E-state index contributed by atoms with van der Waals surface area (Å²) in [6.07, 6.45) is 1.30. The number of nitrogens with zero attached hydrogens (tertiary/aromatic N) is 1. The maximum Gasteiger partial charge on any atom is 0.338 e. The van der Waals surface area contributed by atoms with E-state index in [1.165, 1.54) is 18.3 Å². The number of aromatic nitrogens is 1. The molecule has 0 aromatic carbocycles. The number of aliphatic hydroxyl groups is 1. The molecule has 3 heterocycles. The Hall–Kier alpha value is -2.29. The number of halogens is 1. The van der Waals surface area contributed by atoms with E-state index in [9.17, 15) is 19.5 Å². The second kappa shape index (κ2) is 7.37. The van der Waals surface area contributed by atoms with Gasteiger partial charge in [0, 0.05) is 23.4 Å². The second-order valence-corrected chi connectivity index (χ2v) is 11.8. The summed E-state index contributed by atoms with van der Waals surface area (Å²) in [5, 5.41) is 11.1. The van der Waals surface area contributed by atoms with Gasteiger partial charge in [0.05, 0.1) is 12.2 Å². The van der Waals surface area contributed by atoms with Crippen LogP contribution in [-0.4, -0.2) is 52.9 Å². The molecule has 2 aliphatic heterocycles. The molecule has 186 valence electrons. The van der Waals surface area contributed by atoms with Gasteiger partial charge in [0.1, 0.15) is 17.4 Å². The molecule has 8 atom stereocenters. The van der Waals surface area contributed by atoms with Crippen molar-refractivity contribution in [1.29, 1.82) is 0 Å². The molecule has 9 heteroatoms. The van der Waals surface area contributed by atoms with Crippen LogP contribution < -0.4 is 0 Å². The van der Waals surface area contributed by atoms with Crippen LogP contribution in [0.25, 0.3) is 0 Å². The SMILES string of the molecule is C=C1C(=O)[C@@]23C(=O)O[C@H]4CCC(C)(C)[C@H]5[C@H](O)OC[C@@]45[C@@H]2CC[C@@H]1[C@H]3OC(=O)c1ccnc(Cl)c1. The molecule has 1 aromatic rings. The molecule has 0 amide bonds. The predicted molar refractivity (Wildman–Crippen MR) is 122 cm³/mol. The number of rotatable bonds is 2. The Balaban J connectivity index is 1.48. The summed E-state index contributed by atoms with van der Waals surface area (Å²) in [6, 6.07) is 2.86. The first-order valence-corrected chi connectivity index (χ1v) is 12.5. The minimum atomic E-state index is -1.71. The van der Waals surface area contributed by atoms with E-state index in [4.69, 9.17) is 25.8 Å². The molecule has 5 fully saturated rings. The first-order chi connectivity index (χ1) is 16.5. The van der Waals surface area contributed by atoms with Crippen LogP contribution in [0.2, 0.25) is 5.15 Å². The van der Waals surface area contributed by atoms with Gasteiger partial charge in [-0.15, -0.1) is 0 Å². The van der Waals surface area contributed by atoms with E-state index in [0.717, 1.165) is 6.42 Å². The molecular weight excluding hydrogens is 474 g/mol. The fourth-order valence-corrected chi connectivity index (χ4v) is 8.38. The molecule has 2 spiro atoms. The van der Waals surface area contributed by atoms with E-state index in [0.29, 0.717) is 19.3 Å². The Morgan fingerprint density at radius 1 is 1.29 bits per heavy atom. The number of esters is 2. The number of Topliss-reactive ketones (excluding diaryl/α,β-unsaturated/α-hetero) is 1. The van der Waals surface area contributed by atoms with Gasteiger partial charge in [0.15, 0.2) is 17.5 Å². The highest BCUT2D eigenvalue weighted by Crippen LogP contribution is 2.71. The van der Waals surface area contributed by atoms with Gasteiger partial charge in [-0.1, -0.05) is 32.0 Å². The highest BCUT2D eigenvalue weighted by atomic mass is 35.5. The number of hydrogen-bond donors (Lipinski definition) is 1. The minimum Gasteiger partial charge on any atom is -0.461 e. The van der Waals surface area contributed by atoms with Gasteiger partial charge in [0.25, 0.3) is 0 Å². The van der Waals surface area contributed by atoms with Crippen molar-refractivity contribution in [3.63, 3.8) is 0 Å². The number of fused-ring (bicyclic) bond motifs is 1. The number of ether oxygens (including phenoxy) is 3. The highest BCUT2D eigenvalue weighted by Gasteiger charge is 2.81. The van der Waals surface area contributed by atoms with Crippen LogP contribution in [0.1, 0.15) is 49.9 Å². The molecule has 0 radical (unpaired) electrons. The van der Waals surface area contributed by atoms with E-state index in [1.807, 2.05) is 0 Å². The summed E-state index contributed by atoms with van der Waals surface area (Å²) in [4.78, 5) is 44.8. The molecule has 1 aromatic heterocycles. The van der Waals surface area contributed by atoms with Gasteiger partial charge < -0.3 is 19.3 Å². The minimum absolute atomic E-state index is 0.130. The van der Waals surface area contributed by atoms with Gasteiger partial charge in [0.2, 0.25) is 0 Å². The number of ketones is 1. The highest BCUT2D eigenvalue weighted by molar-refractivity contribution is 6.29. The normalized spacial score (nSPS) is 43.1. The van der Waals surface area contributed by atoms with E-state index < -0.39 is 58.9 Å². The molecule has 3 saturated carbocycles. The first-order valence-electron chi connectivity index (χ1n) is 12.1. The Labute approximate surface area is 208 Å². The molecule has 1 N–H and O–H groups in total. The van der Waals surface area contributed by atoms with Gasteiger partial charge in [-0.2, -0.15) is 0 Å². The zero-order valence-corrected chi connectivity index (χ0v) is 20.4. The lowest BCUT2D eigenvalue weighted by Crippen LogP contribution is -2.71. The molecule has 2 saturated heterocycles. The number of aliphatic hydroxyl groups excluding tert-OH is 1. The van der Waals surface area contributed by atoms with Crippen LogP contribution in [-0.2, 0) is 23.8 Å². The van der Waals surface area contributed by atoms with E-state index in [-0.39, 0.29) is 34.2 Å². The molecule has 6 rings (SSSR count). The van der Waals surface area contributed by atoms with Crippen molar-refractivity contribution in [3.05, 3.63) is 41.2 Å². The Bertz CT molecular complexity index is 1170. The summed E-state index contributed by atoms with van der Waals surface area (Å²) in [5.41, 5.74) is -2.30. The summed E-state index contributed by atoms with van der Waals surface area (Å²) in [6.45, 7) is 8.36. The largest absolute Gasteiger partial charge is 0.461 e. The maximum absolute atomic E-state index is 13.9. The Kier molecular flexibility index (Phi) is 4.87. The third-order valence-corrected chi connectivity index (χ3v) is 9.74. The topological polar surface area (TPSA) is 112 Å². The van der Waals surface area contributed by atoms with Crippen molar-refractivity contribution in [2.75, 3.05) is 6.61 Å². The van der Waals surface area contributed by atoms with Crippen LogP contribution in [0.4, 0.5) is 0 Å². The zero-order chi connectivity index (χ0) is 24.9. The Morgan fingerprint density at radius 2 is 2.06 bits per heavy atom. The van der Waals surface area contributed by atoms with Crippen LogP contribution in [0.5, 0.6) is 0 Å². The fourth-order valence-electron chi connectivity index (χ4n) is 8.20. The summed E-state index contributed by atoms with van der Waals surface area (Å²) < 4.78 is 17.9. The number of pyridine rings is 1. The number of carbonyl (C=O) groups excluding carboxylic acids is 3. The zero-order valence-electron chi connectivity index (χ0n) is 19.7. The van der Waals surface area contributed by atoms with Crippen molar-refractivity contribution >= 4 is 29.3 Å². The van der Waals surface area contributed by atoms with E-state index in [2.05, 4.69) is 25.4 Å². The average Bonchev–Trinajstić information content (AvgIpc) is 3.22. The van der Waals surface area contributed by atoms with Crippen LogP contribution in [0, 0.1) is 34.0 Å². The Morgan fingerprint density at radius 3 is 2.80 bits per heavy atom. The predicted octanol–water partition coefficient (Wildman–Crippen LogP) is 3.11. The molecule has 0 unspecified atom stereocenters. The number of carbonyl (C=O) groups is 3. The quantitative estimate of drug-likeness (QED) is 0.285. The summed E-state index contributed by atoms with van der Waals surface area (Å²) in [5.74, 6) is -3.10. The summed E-state index contributed by atoms with van der Waals surface area (Å²) in [7, 11) is 0. The lowest BCUT2D eigenvalue weighted by Gasteiger charge is -2.62. The molecule has 8 nitrogen and oxygen atoms in total. The third kappa shape index (κ3) is 2.76. The van der Waals surface area contributed by atoms with Crippen LogP contribution in [0.3, 0.4) is 0 Å². The average molecular weight is 502 g/mol. The monoisotopic (exact) mass is 501 g/mol. The van der Waals surface area contributed by atoms with E-state index in [1.54, 1.807) is 0 Å². The standard InChI is InChI=1S/C26H28ClNO7/c1-12-14-4-5-15-25-11-33-22(31)18(25)24(2,3)8-6-16(25)34-23(32)26(15,19(12)29)20(14)35-21(30)13-7-9-28-17(27)10-13/h7,9-10,14-16,18,20,22,31H,1,4-6,8,11H2,2-3H3/t14-,15-,16-,18+,20+,22+,25+,26-/m0/s1. The smallest absolute Gasteiger partial charge is 0.338 e. The summed E-state index contributed by atoms with van der Waals surface area (Å²) >= 11 is 5.96. The van der Waals surface area contributed by atoms with Crippen LogP contribution in [0.15, 0.2) is 30.5 Å². The van der Waals surface area contributed by atoms with Gasteiger partial charge in [-0.25, -0.2) is 9.78 Å². The van der Waals surface area contributed by atoms with Crippen molar-refractivity contribution < 1.29 is 33.7 Å². The van der Waals surface area contributed by atoms with Crippen molar-refractivity contribution in [3.8, 4) is 0 Å². The number of hydrogen-bond acceptors (Lipinski definition) is 8. The van der Waals surface area contributed by atoms with Crippen LogP contribution >= 0.6 is 11.6 Å². The molecule has 3 aliphatic carbocycles. The van der Waals surface area contributed by atoms with Crippen molar-refractivity contribution in [2.24, 2.45) is 34.0 Å². The first kappa shape index (κ1) is 23.1. The van der Waals surface area contributed by atoms with Crippen molar-refractivity contribution in [2.45, 2.75) is 58.0 Å². The fraction of sp³-hybridized carbons (Fsp3) is 0.615. The molecular formula is C26H28ClNO7. The van der Waals surface area contributed by atoms with Gasteiger partial charge >= 0.3 is 11.9 Å². The lowest BCUT2D eigenvalue weighted by atomic mass is 9.43. The molecule has 2 bridgehead atoms. The van der Waals surface area contributed by atoms with Gasteiger partial charge in [-0.05, 0) is 54.7 Å². The maximum atomic E-state index is 13.9.